The number of benzene rings is 1. The van der Waals surface area contributed by atoms with Crippen LogP contribution >= 0.6 is 0 Å². The van der Waals surface area contributed by atoms with E-state index >= 15 is 0 Å². The van der Waals surface area contributed by atoms with Crippen LogP contribution in [0.3, 0.4) is 0 Å². The van der Waals surface area contributed by atoms with Gasteiger partial charge in [0.1, 0.15) is 5.75 Å². The normalized spacial score (nSPS) is 11.2. The predicted octanol–water partition coefficient (Wildman–Crippen LogP) is 0.808. The molecule has 0 radical (unpaired) electrons. The van der Waals surface area contributed by atoms with Crippen LogP contribution in [0.15, 0.2) is 23.1 Å². The van der Waals surface area contributed by atoms with Crippen molar-refractivity contribution in [1.82, 2.24) is 10.0 Å². The fourth-order valence-corrected chi connectivity index (χ4v) is 2.66. The van der Waals surface area contributed by atoms with Crippen LogP contribution in [-0.4, -0.2) is 34.5 Å². The molecule has 112 valence electrons. The van der Waals surface area contributed by atoms with Crippen LogP contribution in [0.1, 0.15) is 18.9 Å². The Morgan fingerprint density at radius 1 is 1.35 bits per heavy atom. The number of nitrogens with one attached hydrogen (secondary N) is 2. The van der Waals surface area contributed by atoms with Gasteiger partial charge in [-0.25, -0.2) is 13.1 Å². The summed E-state index contributed by atoms with van der Waals surface area (Å²) < 4.78 is 31.4. The number of rotatable bonds is 7. The number of amides is 1. The van der Waals surface area contributed by atoms with Crippen LogP contribution < -0.4 is 14.8 Å². The van der Waals surface area contributed by atoms with Crippen LogP contribution in [0.25, 0.3) is 0 Å². The largest absolute Gasteiger partial charge is 0.496 e. The highest BCUT2D eigenvalue weighted by atomic mass is 32.2. The molecular weight excluding hydrogens is 280 g/mol. The summed E-state index contributed by atoms with van der Waals surface area (Å²) in [6.45, 7) is 3.94. The van der Waals surface area contributed by atoms with Gasteiger partial charge < -0.3 is 10.1 Å². The summed E-state index contributed by atoms with van der Waals surface area (Å²) in [6, 6.07) is 4.53. The van der Waals surface area contributed by atoms with E-state index in [0.29, 0.717) is 17.9 Å². The van der Waals surface area contributed by atoms with Crippen molar-refractivity contribution in [2.45, 2.75) is 25.2 Å². The maximum atomic E-state index is 12.0. The second kappa shape index (κ2) is 7.25. The predicted molar refractivity (Wildman–Crippen MR) is 76.2 cm³/mol. The number of methoxy groups -OCH3 is 1. The van der Waals surface area contributed by atoms with Crippen LogP contribution in [-0.2, 0) is 14.8 Å². The third kappa shape index (κ3) is 4.50. The second-order valence-electron chi connectivity index (χ2n) is 4.31. The molecule has 0 aliphatic rings. The van der Waals surface area contributed by atoms with Crippen LogP contribution in [0.5, 0.6) is 5.75 Å². The van der Waals surface area contributed by atoms with E-state index in [1.165, 1.54) is 19.2 Å². The monoisotopic (exact) mass is 300 g/mol. The molecule has 2 N–H and O–H groups in total. The highest BCUT2D eigenvalue weighted by Gasteiger charge is 2.16. The van der Waals surface area contributed by atoms with Crippen molar-refractivity contribution in [1.29, 1.82) is 0 Å². The van der Waals surface area contributed by atoms with Gasteiger partial charge in [0, 0.05) is 6.54 Å². The molecule has 1 aromatic carbocycles. The van der Waals surface area contributed by atoms with Crippen molar-refractivity contribution >= 4 is 15.9 Å². The number of sulfonamides is 1. The lowest BCUT2D eigenvalue weighted by Crippen LogP contribution is -2.37. The van der Waals surface area contributed by atoms with Gasteiger partial charge in [-0.3, -0.25) is 4.79 Å². The van der Waals surface area contributed by atoms with Gasteiger partial charge in [0.05, 0.1) is 18.6 Å². The van der Waals surface area contributed by atoms with Gasteiger partial charge in [0.15, 0.2) is 0 Å². The SMILES string of the molecule is CCCNC(=O)CNS(=O)(=O)c1ccc(OC)c(C)c1. The lowest BCUT2D eigenvalue weighted by atomic mass is 10.2. The Morgan fingerprint density at radius 2 is 2.05 bits per heavy atom. The molecule has 1 aromatic rings. The van der Waals surface area contributed by atoms with Crippen molar-refractivity contribution in [3.8, 4) is 5.75 Å². The smallest absolute Gasteiger partial charge is 0.241 e. The van der Waals surface area contributed by atoms with E-state index < -0.39 is 10.0 Å². The van der Waals surface area contributed by atoms with Crippen molar-refractivity contribution in [2.24, 2.45) is 0 Å². The number of hydrogen-bond acceptors (Lipinski definition) is 4. The molecule has 0 saturated carbocycles. The molecule has 0 aliphatic carbocycles. The van der Waals surface area contributed by atoms with Crippen molar-refractivity contribution in [2.75, 3.05) is 20.2 Å². The molecule has 0 bridgehead atoms. The first kappa shape index (κ1) is 16.5. The standard InChI is InChI=1S/C13H20N2O4S/c1-4-7-14-13(16)9-15-20(17,18)11-5-6-12(19-3)10(2)8-11/h5-6,8,15H,4,7,9H2,1-3H3,(H,14,16). The summed E-state index contributed by atoms with van der Waals surface area (Å²) in [5, 5.41) is 2.60. The average Bonchev–Trinajstić information content (AvgIpc) is 2.42. The molecule has 7 heteroatoms. The Morgan fingerprint density at radius 3 is 2.60 bits per heavy atom. The van der Waals surface area contributed by atoms with Gasteiger partial charge in [0.2, 0.25) is 15.9 Å². The molecule has 0 unspecified atom stereocenters. The minimum absolute atomic E-state index is 0.110. The molecule has 0 fully saturated rings. The third-order valence-corrected chi connectivity index (χ3v) is 4.07. The van der Waals surface area contributed by atoms with Crippen LogP contribution in [0.2, 0.25) is 0 Å². The van der Waals surface area contributed by atoms with E-state index in [4.69, 9.17) is 4.74 Å². The fourth-order valence-electron chi connectivity index (χ4n) is 1.59. The molecule has 20 heavy (non-hydrogen) atoms. The van der Waals surface area contributed by atoms with Gasteiger partial charge in [0.25, 0.3) is 0 Å². The van der Waals surface area contributed by atoms with E-state index in [-0.39, 0.29) is 17.3 Å². The summed E-state index contributed by atoms with van der Waals surface area (Å²) in [5.74, 6) is 0.269. The summed E-state index contributed by atoms with van der Waals surface area (Å²) in [4.78, 5) is 11.5. The van der Waals surface area contributed by atoms with E-state index in [0.717, 1.165) is 6.42 Å². The average molecular weight is 300 g/mol. The molecule has 0 aromatic heterocycles. The Labute approximate surface area is 119 Å². The van der Waals surface area contributed by atoms with Crippen LogP contribution in [0.4, 0.5) is 0 Å². The van der Waals surface area contributed by atoms with Gasteiger partial charge in [-0.1, -0.05) is 6.92 Å². The molecule has 1 amide bonds. The topological polar surface area (TPSA) is 84.5 Å². The Kier molecular flexibility index (Phi) is 5.97. The molecule has 0 heterocycles. The molecule has 0 saturated heterocycles. The maximum absolute atomic E-state index is 12.0. The maximum Gasteiger partial charge on any atom is 0.241 e. The number of carbonyl (C=O) groups excluding carboxylic acids is 1. The second-order valence-corrected chi connectivity index (χ2v) is 6.07. The molecule has 6 nitrogen and oxygen atoms in total. The van der Waals surface area contributed by atoms with Gasteiger partial charge in [-0.05, 0) is 37.1 Å². The number of carbonyl (C=O) groups is 1. The first-order chi connectivity index (χ1) is 9.40. The van der Waals surface area contributed by atoms with Gasteiger partial charge >= 0.3 is 0 Å². The summed E-state index contributed by atoms with van der Waals surface area (Å²) >= 11 is 0. The van der Waals surface area contributed by atoms with Crippen molar-refractivity contribution < 1.29 is 17.9 Å². The molecule has 1 rings (SSSR count). The Balaban J connectivity index is 2.74. The lowest BCUT2D eigenvalue weighted by molar-refractivity contribution is -0.119. The zero-order valence-corrected chi connectivity index (χ0v) is 12.7. The van der Waals surface area contributed by atoms with E-state index in [1.54, 1.807) is 13.0 Å². The van der Waals surface area contributed by atoms with Crippen LogP contribution in [0, 0.1) is 6.92 Å². The molecule has 0 spiro atoms. The summed E-state index contributed by atoms with van der Waals surface area (Å²) in [5.41, 5.74) is 0.714. The quantitative estimate of drug-likeness (QED) is 0.780. The van der Waals surface area contributed by atoms with E-state index in [1.807, 2.05) is 6.92 Å². The Bertz CT molecular complexity index is 570. The van der Waals surface area contributed by atoms with Crippen molar-refractivity contribution in [3.63, 3.8) is 0 Å². The summed E-state index contributed by atoms with van der Waals surface area (Å²) in [7, 11) is -2.17. The first-order valence-electron chi connectivity index (χ1n) is 6.31. The molecule has 0 aliphatic heterocycles. The number of hydrogen-bond donors (Lipinski definition) is 2. The Hall–Kier alpha value is -1.60. The number of aryl methyl sites for hydroxylation is 1. The van der Waals surface area contributed by atoms with Gasteiger partial charge in [-0.15, -0.1) is 0 Å². The summed E-state index contributed by atoms with van der Waals surface area (Å²) in [6.07, 6.45) is 0.802. The third-order valence-electron chi connectivity index (χ3n) is 2.67. The molecule has 0 atom stereocenters. The zero-order valence-electron chi connectivity index (χ0n) is 11.9. The first-order valence-corrected chi connectivity index (χ1v) is 7.80. The minimum Gasteiger partial charge on any atom is -0.496 e. The highest BCUT2D eigenvalue weighted by molar-refractivity contribution is 7.89. The highest BCUT2D eigenvalue weighted by Crippen LogP contribution is 2.20. The van der Waals surface area contributed by atoms with E-state index in [2.05, 4.69) is 10.0 Å². The van der Waals surface area contributed by atoms with Gasteiger partial charge in [-0.2, -0.15) is 0 Å². The zero-order chi connectivity index (χ0) is 15.2. The molecular formula is C13H20N2O4S. The lowest BCUT2D eigenvalue weighted by Gasteiger charge is -2.09. The fraction of sp³-hybridized carbons (Fsp3) is 0.462. The van der Waals surface area contributed by atoms with Crippen molar-refractivity contribution in [3.05, 3.63) is 23.8 Å². The number of ether oxygens (including phenoxy) is 1. The van der Waals surface area contributed by atoms with E-state index in [9.17, 15) is 13.2 Å². The minimum atomic E-state index is -3.69.